The van der Waals surface area contributed by atoms with Gasteiger partial charge in [0.25, 0.3) is 0 Å². The number of benzene rings is 1. The van der Waals surface area contributed by atoms with E-state index in [4.69, 9.17) is 9.84 Å². The van der Waals surface area contributed by atoms with Gasteiger partial charge in [-0.3, -0.25) is 9.80 Å². The quantitative estimate of drug-likeness (QED) is 0.787. The van der Waals surface area contributed by atoms with Crippen molar-refractivity contribution in [2.75, 3.05) is 53.0 Å². The molecule has 5 heteroatoms. The Labute approximate surface area is 120 Å². The molecule has 0 bridgehead atoms. The summed E-state index contributed by atoms with van der Waals surface area (Å²) in [6, 6.07) is 7.59. The standard InChI is InChI=1S/C15H24N2O3/c1-20-14-4-2-3-13(11-14)15(19)12-17-7-5-16(6-8-17)9-10-18/h2-4,11,15,18-19H,5-10,12H2,1H3. The lowest BCUT2D eigenvalue weighted by Crippen LogP contribution is -2.48. The maximum Gasteiger partial charge on any atom is 0.119 e. The Morgan fingerprint density at radius 2 is 1.90 bits per heavy atom. The molecule has 1 aromatic rings. The van der Waals surface area contributed by atoms with Crippen molar-refractivity contribution in [2.24, 2.45) is 0 Å². The zero-order chi connectivity index (χ0) is 14.4. The second kappa shape index (κ2) is 7.59. The van der Waals surface area contributed by atoms with Gasteiger partial charge in [0, 0.05) is 39.3 Å². The smallest absolute Gasteiger partial charge is 0.119 e. The SMILES string of the molecule is COc1cccc(C(O)CN2CCN(CCO)CC2)c1. The van der Waals surface area contributed by atoms with E-state index in [1.165, 1.54) is 0 Å². The van der Waals surface area contributed by atoms with Crippen molar-refractivity contribution >= 4 is 0 Å². The van der Waals surface area contributed by atoms with E-state index in [0.717, 1.165) is 44.0 Å². The summed E-state index contributed by atoms with van der Waals surface area (Å²) in [5, 5.41) is 19.2. The molecule has 0 aliphatic carbocycles. The van der Waals surface area contributed by atoms with Crippen LogP contribution in [0.1, 0.15) is 11.7 Å². The van der Waals surface area contributed by atoms with Crippen LogP contribution in [0.15, 0.2) is 24.3 Å². The van der Waals surface area contributed by atoms with Gasteiger partial charge < -0.3 is 14.9 Å². The molecule has 5 nitrogen and oxygen atoms in total. The van der Waals surface area contributed by atoms with Crippen molar-refractivity contribution in [3.8, 4) is 5.75 Å². The molecule has 0 saturated carbocycles. The number of rotatable bonds is 6. The number of ether oxygens (including phenoxy) is 1. The summed E-state index contributed by atoms with van der Waals surface area (Å²) in [6.07, 6.45) is -0.491. The lowest BCUT2D eigenvalue weighted by atomic mass is 10.1. The van der Waals surface area contributed by atoms with Crippen molar-refractivity contribution < 1.29 is 14.9 Å². The van der Waals surface area contributed by atoms with E-state index >= 15 is 0 Å². The summed E-state index contributed by atoms with van der Waals surface area (Å²) in [7, 11) is 1.63. The molecule has 1 aliphatic rings. The molecular formula is C15H24N2O3. The molecule has 1 fully saturated rings. The summed E-state index contributed by atoms with van der Waals surface area (Å²) in [5.41, 5.74) is 0.891. The molecule has 1 unspecified atom stereocenters. The minimum atomic E-state index is -0.491. The van der Waals surface area contributed by atoms with Crippen LogP contribution < -0.4 is 4.74 Å². The van der Waals surface area contributed by atoms with E-state index in [2.05, 4.69) is 9.80 Å². The topological polar surface area (TPSA) is 56.2 Å². The Bertz CT molecular complexity index is 406. The highest BCUT2D eigenvalue weighted by Gasteiger charge is 2.19. The van der Waals surface area contributed by atoms with Crippen LogP contribution in [0.4, 0.5) is 0 Å². The molecule has 0 radical (unpaired) electrons. The van der Waals surface area contributed by atoms with Crippen molar-refractivity contribution in [1.82, 2.24) is 9.80 Å². The Morgan fingerprint density at radius 3 is 2.55 bits per heavy atom. The first-order valence-electron chi connectivity index (χ1n) is 7.10. The summed E-state index contributed by atoms with van der Waals surface area (Å²) in [4.78, 5) is 4.51. The van der Waals surface area contributed by atoms with Gasteiger partial charge >= 0.3 is 0 Å². The summed E-state index contributed by atoms with van der Waals surface area (Å²) >= 11 is 0. The zero-order valence-corrected chi connectivity index (χ0v) is 12.0. The number of hydrogen-bond donors (Lipinski definition) is 2. The molecule has 0 amide bonds. The summed E-state index contributed by atoms with van der Waals surface area (Å²) in [5.74, 6) is 0.773. The first-order chi connectivity index (χ1) is 9.72. The van der Waals surface area contributed by atoms with Crippen molar-refractivity contribution in [3.05, 3.63) is 29.8 Å². The fourth-order valence-corrected chi connectivity index (χ4v) is 2.54. The van der Waals surface area contributed by atoms with E-state index in [9.17, 15) is 5.11 Å². The fourth-order valence-electron chi connectivity index (χ4n) is 2.54. The maximum atomic E-state index is 10.3. The van der Waals surface area contributed by atoms with Crippen LogP contribution in [0, 0.1) is 0 Å². The minimum absolute atomic E-state index is 0.215. The van der Waals surface area contributed by atoms with Gasteiger partial charge in [-0.1, -0.05) is 12.1 Å². The molecule has 0 aromatic heterocycles. The van der Waals surface area contributed by atoms with Crippen LogP contribution in [0.2, 0.25) is 0 Å². The fraction of sp³-hybridized carbons (Fsp3) is 0.600. The van der Waals surface area contributed by atoms with Crippen molar-refractivity contribution in [1.29, 1.82) is 0 Å². The summed E-state index contributed by atoms with van der Waals surface area (Å²) in [6.45, 7) is 5.36. The monoisotopic (exact) mass is 280 g/mol. The van der Waals surface area contributed by atoms with Gasteiger partial charge in [0.05, 0.1) is 19.8 Å². The zero-order valence-electron chi connectivity index (χ0n) is 12.0. The van der Waals surface area contributed by atoms with E-state index < -0.39 is 6.10 Å². The van der Waals surface area contributed by atoms with Crippen LogP contribution in [0.5, 0.6) is 5.75 Å². The highest BCUT2D eigenvalue weighted by Crippen LogP contribution is 2.20. The van der Waals surface area contributed by atoms with E-state index in [1.807, 2.05) is 24.3 Å². The van der Waals surface area contributed by atoms with Crippen LogP contribution in [0.3, 0.4) is 0 Å². The Morgan fingerprint density at radius 1 is 1.20 bits per heavy atom. The molecule has 1 saturated heterocycles. The maximum absolute atomic E-state index is 10.3. The largest absolute Gasteiger partial charge is 0.497 e. The first kappa shape index (κ1) is 15.3. The number of nitrogens with zero attached hydrogens (tertiary/aromatic N) is 2. The van der Waals surface area contributed by atoms with E-state index in [-0.39, 0.29) is 6.61 Å². The number of β-amino-alcohol motifs (C(OH)–C–C–N with tert-alkyl or cyclic N) is 2. The minimum Gasteiger partial charge on any atom is -0.497 e. The lowest BCUT2D eigenvalue weighted by Gasteiger charge is -2.35. The number of aliphatic hydroxyl groups excluding tert-OH is 2. The van der Waals surface area contributed by atoms with Crippen LogP contribution >= 0.6 is 0 Å². The lowest BCUT2D eigenvalue weighted by molar-refractivity contribution is 0.0660. The molecule has 20 heavy (non-hydrogen) atoms. The highest BCUT2D eigenvalue weighted by atomic mass is 16.5. The van der Waals surface area contributed by atoms with Gasteiger partial charge in [-0.25, -0.2) is 0 Å². The molecule has 1 atom stereocenters. The Hall–Kier alpha value is -1.14. The molecular weight excluding hydrogens is 256 g/mol. The highest BCUT2D eigenvalue weighted by molar-refractivity contribution is 5.29. The predicted octanol–water partition coefficient (Wildman–Crippen LogP) is 0.338. The molecule has 1 aliphatic heterocycles. The second-order valence-electron chi connectivity index (χ2n) is 5.16. The van der Waals surface area contributed by atoms with Gasteiger partial charge in [0.15, 0.2) is 0 Å². The molecule has 1 aromatic carbocycles. The van der Waals surface area contributed by atoms with Crippen LogP contribution in [-0.2, 0) is 0 Å². The molecule has 2 N–H and O–H groups in total. The molecule has 1 heterocycles. The molecule has 2 rings (SSSR count). The number of piperazine rings is 1. The van der Waals surface area contributed by atoms with Crippen molar-refractivity contribution in [3.63, 3.8) is 0 Å². The summed E-state index contributed by atoms with van der Waals surface area (Å²) < 4.78 is 5.18. The molecule has 0 spiro atoms. The average Bonchev–Trinajstić information content (AvgIpc) is 2.49. The van der Waals surface area contributed by atoms with Crippen LogP contribution in [0.25, 0.3) is 0 Å². The Kier molecular flexibility index (Phi) is 5.79. The normalized spacial score (nSPS) is 18.9. The van der Waals surface area contributed by atoms with Crippen LogP contribution in [-0.4, -0.2) is 73.0 Å². The van der Waals surface area contributed by atoms with Gasteiger partial charge in [0.1, 0.15) is 5.75 Å². The van der Waals surface area contributed by atoms with Crippen molar-refractivity contribution in [2.45, 2.75) is 6.10 Å². The predicted molar refractivity (Wildman–Crippen MR) is 77.9 cm³/mol. The van der Waals surface area contributed by atoms with E-state index in [1.54, 1.807) is 7.11 Å². The number of methoxy groups -OCH3 is 1. The Balaban J connectivity index is 1.84. The van der Waals surface area contributed by atoms with Gasteiger partial charge in [0.2, 0.25) is 0 Å². The molecule has 112 valence electrons. The van der Waals surface area contributed by atoms with Gasteiger partial charge in [-0.15, -0.1) is 0 Å². The van der Waals surface area contributed by atoms with Gasteiger partial charge in [-0.2, -0.15) is 0 Å². The first-order valence-corrected chi connectivity index (χ1v) is 7.10. The third-order valence-electron chi connectivity index (χ3n) is 3.79. The van der Waals surface area contributed by atoms with E-state index in [0.29, 0.717) is 6.54 Å². The number of aliphatic hydroxyl groups is 2. The van der Waals surface area contributed by atoms with Gasteiger partial charge in [-0.05, 0) is 17.7 Å². The second-order valence-corrected chi connectivity index (χ2v) is 5.16. The third kappa shape index (κ3) is 4.18. The third-order valence-corrected chi connectivity index (χ3v) is 3.79. The average molecular weight is 280 g/mol. The number of hydrogen-bond acceptors (Lipinski definition) is 5.